The summed E-state index contributed by atoms with van der Waals surface area (Å²) >= 11 is 0. The van der Waals surface area contributed by atoms with Crippen LogP contribution in [0.3, 0.4) is 0 Å². The molecule has 1 aromatic heterocycles. The number of rotatable bonds is 5. The summed E-state index contributed by atoms with van der Waals surface area (Å²) < 4.78 is 28.5. The Kier molecular flexibility index (Phi) is 3.48. The first-order valence-corrected chi connectivity index (χ1v) is 7.67. The summed E-state index contributed by atoms with van der Waals surface area (Å²) in [5, 5.41) is 0.0739. The SMILES string of the molecule is CCn1cc(S(=O)(=O)NCC2(N)CCC2)nc1C. The standard InChI is InChI=1S/C11H20N4O2S/c1-3-15-7-10(14-9(15)2)18(16,17)13-8-11(12)5-4-6-11/h7,13H,3-6,8,12H2,1-2H3. The van der Waals surface area contributed by atoms with E-state index in [0.29, 0.717) is 12.4 Å². The molecule has 0 atom stereocenters. The molecule has 6 nitrogen and oxygen atoms in total. The highest BCUT2D eigenvalue weighted by Crippen LogP contribution is 2.28. The first-order chi connectivity index (χ1) is 8.36. The Morgan fingerprint density at radius 3 is 2.67 bits per heavy atom. The van der Waals surface area contributed by atoms with Crippen molar-refractivity contribution in [1.82, 2.24) is 14.3 Å². The fourth-order valence-electron chi connectivity index (χ4n) is 2.05. The fourth-order valence-corrected chi connectivity index (χ4v) is 3.19. The molecule has 1 aromatic rings. The molecule has 1 aliphatic rings. The minimum absolute atomic E-state index is 0.0739. The van der Waals surface area contributed by atoms with E-state index in [-0.39, 0.29) is 17.1 Å². The van der Waals surface area contributed by atoms with Crippen LogP contribution in [0.15, 0.2) is 11.2 Å². The predicted molar refractivity (Wildman–Crippen MR) is 68.6 cm³/mol. The second-order valence-electron chi connectivity index (χ2n) is 4.95. The molecule has 0 saturated heterocycles. The van der Waals surface area contributed by atoms with Crippen molar-refractivity contribution >= 4 is 10.0 Å². The van der Waals surface area contributed by atoms with E-state index in [2.05, 4.69) is 9.71 Å². The fraction of sp³-hybridized carbons (Fsp3) is 0.727. The van der Waals surface area contributed by atoms with Crippen LogP contribution in [0.25, 0.3) is 0 Å². The normalized spacial score (nSPS) is 18.6. The molecule has 1 fully saturated rings. The van der Waals surface area contributed by atoms with Gasteiger partial charge >= 0.3 is 0 Å². The zero-order valence-electron chi connectivity index (χ0n) is 10.8. The molecule has 0 spiro atoms. The van der Waals surface area contributed by atoms with Crippen molar-refractivity contribution in [3.05, 3.63) is 12.0 Å². The van der Waals surface area contributed by atoms with Gasteiger partial charge in [-0.3, -0.25) is 0 Å². The highest BCUT2D eigenvalue weighted by Gasteiger charge is 2.34. The van der Waals surface area contributed by atoms with Gasteiger partial charge in [0.1, 0.15) is 5.82 Å². The van der Waals surface area contributed by atoms with Crippen molar-refractivity contribution in [1.29, 1.82) is 0 Å². The molecule has 3 N–H and O–H groups in total. The van der Waals surface area contributed by atoms with Gasteiger partial charge in [0.2, 0.25) is 0 Å². The molecule has 0 aromatic carbocycles. The Morgan fingerprint density at radius 2 is 2.22 bits per heavy atom. The first-order valence-electron chi connectivity index (χ1n) is 6.19. The van der Waals surface area contributed by atoms with E-state index in [0.717, 1.165) is 19.3 Å². The minimum Gasteiger partial charge on any atom is -0.334 e. The number of aromatic nitrogens is 2. The van der Waals surface area contributed by atoms with Gasteiger partial charge in [0.25, 0.3) is 10.0 Å². The van der Waals surface area contributed by atoms with E-state index in [1.807, 2.05) is 6.92 Å². The van der Waals surface area contributed by atoms with E-state index >= 15 is 0 Å². The summed E-state index contributed by atoms with van der Waals surface area (Å²) in [4.78, 5) is 4.07. The van der Waals surface area contributed by atoms with Crippen LogP contribution in [0.2, 0.25) is 0 Å². The van der Waals surface area contributed by atoms with Crippen molar-refractivity contribution < 1.29 is 8.42 Å². The van der Waals surface area contributed by atoms with Crippen LogP contribution in [0, 0.1) is 6.92 Å². The van der Waals surface area contributed by atoms with E-state index in [4.69, 9.17) is 5.73 Å². The number of sulfonamides is 1. The predicted octanol–water partition coefficient (Wildman–Crippen LogP) is 0.371. The lowest BCUT2D eigenvalue weighted by Gasteiger charge is -2.37. The van der Waals surface area contributed by atoms with Crippen LogP contribution in [0.4, 0.5) is 0 Å². The molecular weight excluding hydrogens is 252 g/mol. The monoisotopic (exact) mass is 272 g/mol. The third kappa shape index (κ3) is 2.57. The summed E-state index contributed by atoms with van der Waals surface area (Å²) in [5.74, 6) is 0.698. The van der Waals surface area contributed by atoms with Crippen molar-refractivity contribution in [2.24, 2.45) is 5.73 Å². The molecule has 0 unspecified atom stereocenters. The number of imidazole rings is 1. The largest absolute Gasteiger partial charge is 0.334 e. The third-order valence-corrected chi connectivity index (χ3v) is 4.81. The minimum atomic E-state index is -3.54. The topological polar surface area (TPSA) is 90.0 Å². The van der Waals surface area contributed by atoms with Crippen LogP contribution >= 0.6 is 0 Å². The maximum atomic E-state index is 12.1. The molecule has 18 heavy (non-hydrogen) atoms. The van der Waals surface area contributed by atoms with Gasteiger partial charge < -0.3 is 10.3 Å². The van der Waals surface area contributed by atoms with E-state index < -0.39 is 10.0 Å². The van der Waals surface area contributed by atoms with Gasteiger partial charge in [0.05, 0.1) is 0 Å². The Morgan fingerprint density at radius 1 is 1.56 bits per heavy atom. The van der Waals surface area contributed by atoms with Crippen LogP contribution < -0.4 is 10.5 Å². The number of nitrogens with two attached hydrogens (primary N) is 1. The van der Waals surface area contributed by atoms with Gasteiger partial charge in [-0.2, -0.15) is 0 Å². The number of hydrogen-bond acceptors (Lipinski definition) is 4. The lowest BCUT2D eigenvalue weighted by Crippen LogP contribution is -2.54. The molecule has 0 radical (unpaired) electrons. The van der Waals surface area contributed by atoms with Gasteiger partial charge in [-0.15, -0.1) is 0 Å². The van der Waals surface area contributed by atoms with E-state index in [1.165, 1.54) is 0 Å². The number of hydrogen-bond donors (Lipinski definition) is 2. The summed E-state index contributed by atoms with van der Waals surface area (Å²) in [7, 11) is -3.54. The maximum absolute atomic E-state index is 12.1. The van der Waals surface area contributed by atoms with Crippen molar-refractivity contribution in [2.75, 3.05) is 6.54 Å². The average molecular weight is 272 g/mol. The summed E-state index contributed by atoms with van der Waals surface area (Å²) in [6, 6.07) is 0. The van der Waals surface area contributed by atoms with Crippen molar-refractivity contribution in [3.63, 3.8) is 0 Å². The Balaban J connectivity index is 2.09. The Labute approximate surface area is 108 Å². The molecule has 7 heteroatoms. The second-order valence-corrected chi connectivity index (χ2v) is 6.67. The van der Waals surface area contributed by atoms with Crippen LogP contribution in [0.5, 0.6) is 0 Å². The highest BCUT2D eigenvalue weighted by atomic mass is 32.2. The molecule has 2 rings (SSSR count). The van der Waals surface area contributed by atoms with Gasteiger partial charge in [-0.1, -0.05) is 0 Å². The third-order valence-electron chi connectivity index (χ3n) is 3.53. The van der Waals surface area contributed by atoms with Crippen molar-refractivity contribution in [2.45, 2.75) is 50.2 Å². The number of nitrogens with one attached hydrogen (secondary N) is 1. The number of aryl methyl sites for hydroxylation is 2. The molecule has 0 aliphatic heterocycles. The number of nitrogens with zero attached hydrogens (tertiary/aromatic N) is 2. The molecule has 0 bridgehead atoms. The summed E-state index contributed by atoms with van der Waals surface area (Å²) in [6.45, 7) is 4.73. The van der Waals surface area contributed by atoms with E-state index in [9.17, 15) is 8.42 Å². The van der Waals surface area contributed by atoms with Crippen LogP contribution in [-0.4, -0.2) is 30.1 Å². The van der Waals surface area contributed by atoms with E-state index in [1.54, 1.807) is 17.7 Å². The average Bonchev–Trinajstić information content (AvgIpc) is 2.66. The molecule has 0 amide bonds. The zero-order chi connectivity index (χ0) is 13.4. The van der Waals surface area contributed by atoms with Crippen LogP contribution in [-0.2, 0) is 16.6 Å². The Bertz CT molecular complexity index is 531. The quantitative estimate of drug-likeness (QED) is 0.810. The van der Waals surface area contributed by atoms with Gasteiger partial charge in [-0.25, -0.2) is 18.1 Å². The smallest absolute Gasteiger partial charge is 0.259 e. The Hall–Kier alpha value is -0.920. The molecule has 1 saturated carbocycles. The molecular formula is C11H20N4O2S. The van der Waals surface area contributed by atoms with Crippen molar-refractivity contribution in [3.8, 4) is 0 Å². The highest BCUT2D eigenvalue weighted by molar-refractivity contribution is 7.89. The molecule has 1 aliphatic carbocycles. The lowest BCUT2D eigenvalue weighted by atomic mass is 9.78. The van der Waals surface area contributed by atoms with Gasteiger partial charge in [0, 0.05) is 24.8 Å². The summed E-state index contributed by atoms with van der Waals surface area (Å²) in [6.07, 6.45) is 4.37. The lowest BCUT2D eigenvalue weighted by molar-refractivity contribution is 0.251. The molecule has 1 heterocycles. The summed E-state index contributed by atoms with van der Waals surface area (Å²) in [5.41, 5.74) is 5.63. The second kappa shape index (κ2) is 4.64. The van der Waals surface area contributed by atoms with Crippen LogP contribution in [0.1, 0.15) is 32.0 Å². The molecule has 102 valence electrons. The first kappa shape index (κ1) is 13.5. The zero-order valence-corrected chi connectivity index (χ0v) is 11.6. The maximum Gasteiger partial charge on any atom is 0.259 e. The van der Waals surface area contributed by atoms with Gasteiger partial charge in [0.15, 0.2) is 5.03 Å². The van der Waals surface area contributed by atoms with Gasteiger partial charge in [-0.05, 0) is 33.1 Å².